The second kappa shape index (κ2) is 10.8. The molecule has 0 saturated heterocycles. The number of rotatable bonds is 2. The quantitative estimate of drug-likeness (QED) is 0.638. The third kappa shape index (κ3) is 5.24. The molecule has 2 nitrogen and oxygen atoms in total. The van der Waals surface area contributed by atoms with E-state index in [9.17, 15) is 5.21 Å². The molecule has 0 bridgehead atoms. The maximum Gasteiger partial charge on any atom is 4.00 e. The Balaban J connectivity index is -0.000000562. The molecule has 1 fully saturated rings. The van der Waals surface area contributed by atoms with Gasteiger partial charge in [-0.25, -0.2) is 0 Å². The maximum atomic E-state index is 9.50. The second-order valence-electron chi connectivity index (χ2n) is 4.06. The van der Waals surface area contributed by atoms with Gasteiger partial charge in [0.15, 0.2) is 0 Å². The Morgan fingerprint density at radius 1 is 1.06 bits per heavy atom. The van der Waals surface area contributed by atoms with E-state index in [0.717, 1.165) is 5.69 Å². The van der Waals surface area contributed by atoms with Gasteiger partial charge in [-0.05, 0) is 30.4 Å². The Hall–Kier alpha value is -0.137. The SMILES string of the molecule is CN(O)c1ccccc1C1CCCC1.[CH3-].[CH3-].[CH3-].[Zr+4]. The predicted molar refractivity (Wildman–Crippen MR) is 77.1 cm³/mol. The van der Waals surface area contributed by atoms with E-state index < -0.39 is 0 Å². The molecule has 100 valence electrons. The summed E-state index contributed by atoms with van der Waals surface area (Å²) in [5.41, 5.74) is 2.26. The van der Waals surface area contributed by atoms with E-state index in [0.29, 0.717) is 5.92 Å². The monoisotopic (exact) mass is 326 g/mol. The fourth-order valence-electron chi connectivity index (χ4n) is 2.36. The summed E-state index contributed by atoms with van der Waals surface area (Å²) in [5.74, 6) is 0.654. The Kier molecular flexibility index (Phi) is 13.7. The summed E-state index contributed by atoms with van der Waals surface area (Å²) in [6.45, 7) is 0. The number of hydroxylamine groups is 1. The van der Waals surface area contributed by atoms with Crippen molar-refractivity contribution < 1.29 is 31.4 Å². The van der Waals surface area contributed by atoms with Gasteiger partial charge in [0, 0.05) is 7.05 Å². The van der Waals surface area contributed by atoms with E-state index >= 15 is 0 Å². The van der Waals surface area contributed by atoms with Crippen LogP contribution in [0.3, 0.4) is 0 Å². The molecule has 0 radical (unpaired) electrons. The fourth-order valence-corrected chi connectivity index (χ4v) is 2.36. The zero-order valence-electron chi connectivity index (χ0n) is 12.1. The molecule has 0 spiro atoms. The van der Waals surface area contributed by atoms with Crippen LogP contribution in [0, 0.1) is 22.3 Å². The molecule has 18 heavy (non-hydrogen) atoms. The van der Waals surface area contributed by atoms with Crippen molar-refractivity contribution in [2.75, 3.05) is 12.1 Å². The van der Waals surface area contributed by atoms with Gasteiger partial charge >= 0.3 is 26.2 Å². The Labute approximate surface area is 132 Å². The molecule has 1 aromatic carbocycles. The van der Waals surface area contributed by atoms with Gasteiger partial charge in [0.2, 0.25) is 0 Å². The van der Waals surface area contributed by atoms with Crippen LogP contribution in [0.5, 0.6) is 0 Å². The predicted octanol–water partition coefficient (Wildman–Crippen LogP) is 4.52. The molecule has 0 aliphatic heterocycles. The summed E-state index contributed by atoms with van der Waals surface area (Å²) < 4.78 is 0. The topological polar surface area (TPSA) is 23.5 Å². The number of hydrogen-bond donors (Lipinski definition) is 1. The summed E-state index contributed by atoms with van der Waals surface area (Å²) in [6, 6.07) is 8.15. The smallest absolute Gasteiger partial charge is 0.358 e. The van der Waals surface area contributed by atoms with E-state index in [1.54, 1.807) is 7.05 Å². The van der Waals surface area contributed by atoms with Crippen LogP contribution in [-0.4, -0.2) is 12.3 Å². The molecular weight excluding hydrogens is 301 g/mol. The van der Waals surface area contributed by atoms with Gasteiger partial charge < -0.3 is 22.3 Å². The molecule has 1 aliphatic rings. The first-order chi connectivity index (χ1) is 6.79. The molecule has 1 aromatic rings. The molecule has 1 N–H and O–H groups in total. The molecule has 0 unspecified atom stereocenters. The summed E-state index contributed by atoms with van der Waals surface area (Å²) in [7, 11) is 1.69. The summed E-state index contributed by atoms with van der Waals surface area (Å²) in [5, 5.41) is 10.7. The summed E-state index contributed by atoms with van der Waals surface area (Å²) in [6.07, 6.45) is 5.19. The second-order valence-corrected chi connectivity index (χ2v) is 4.06. The Morgan fingerprint density at radius 3 is 2.06 bits per heavy atom. The van der Waals surface area contributed by atoms with Gasteiger partial charge in [-0.1, -0.05) is 31.0 Å². The van der Waals surface area contributed by atoms with Crippen LogP contribution >= 0.6 is 0 Å². The number of hydrogen-bond acceptors (Lipinski definition) is 2. The zero-order chi connectivity index (χ0) is 9.97. The molecule has 0 amide bonds. The van der Waals surface area contributed by atoms with E-state index in [1.807, 2.05) is 12.1 Å². The van der Waals surface area contributed by atoms with E-state index in [-0.39, 0.29) is 48.5 Å². The van der Waals surface area contributed by atoms with Crippen molar-refractivity contribution in [2.24, 2.45) is 0 Å². The van der Waals surface area contributed by atoms with Gasteiger partial charge in [0.05, 0.1) is 5.69 Å². The minimum Gasteiger partial charge on any atom is -0.358 e. The first-order valence-electron chi connectivity index (χ1n) is 5.30. The van der Waals surface area contributed by atoms with Crippen LogP contribution in [0.1, 0.15) is 37.2 Å². The number of anilines is 1. The van der Waals surface area contributed by atoms with Crippen LogP contribution < -0.4 is 5.06 Å². The van der Waals surface area contributed by atoms with Crippen molar-refractivity contribution in [1.82, 2.24) is 0 Å². The molecule has 0 aromatic heterocycles. The minimum absolute atomic E-state index is 0. The van der Waals surface area contributed by atoms with Crippen LogP contribution in [0.25, 0.3) is 0 Å². The molecule has 0 heterocycles. The minimum atomic E-state index is 0. The molecule has 1 aliphatic carbocycles. The van der Waals surface area contributed by atoms with Gasteiger partial charge in [0.25, 0.3) is 0 Å². The Bertz CT molecular complexity index is 309. The van der Waals surface area contributed by atoms with Crippen molar-refractivity contribution in [3.63, 3.8) is 0 Å². The maximum absolute atomic E-state index is 9.50. The normalized spacial score (nSPS) is 13.4. The van der Waals surface area contributed by atoms with Crippen LogP contribution in [0.15, 0.2) is 24.3 Å². The summed E-state index contributed by atoms with van der Waals surface area (Å²) >= 11 is 0. The standard InChI is InChI=1S/C12H17NO.3CH3.Zr/c1-13(14)12-9-5-4-8-11(12)10-6-2-3-7-10;;;;/h4-5,8-10,14H,2-3,6-7H2,1H3;3*1H3;/q;3*-1;+4. The van der Waals surface area contributed by atoms with Crippen molar-refractivity contribution >= 4 is 5.69 Å². The van der Waals surface area contributed by atoms with Crippen molar-refractivity contribution in [3.05, 3.63) is 52.1 Å². The van der Waals surface area contributed by atoms with E-state index in [2.05, 4.69) is 12.1 Å². The average Bonchev–Trinajstić information content (AvgIpc) is 2.70. The van der Waals surface area contributed by atoms with Crippen LogP contribution in [0.4, 0.5) is 5.69 Å². The third-order valence-electron chi connectivity index (χ3n) is 3.08. The molecule has 1 saturated carbocycles. The van der Waals surface area contributed by atoms with Crippen molar-refractivity contribution in [2.45, 2.75) is 31.6 Å². The van der Waals surface area contributed by atoms with E-state index in [4.69, 9.17) is 0 Å². The number of nitrogens with zero attached hydrogens (tertiary/aromatic N) is 1. The molecule has 3 heteroatoms. The van der Waals surface area contributed by atoms with Gasteiger partial charge in [-0.3, -0.25) is 10.3 Å². The zero-order valence-corrected chi connectivity index (χ0v) is 14.6. The van der Waals surface area contributed by atoms with Crippen LogP contribution in [-0.2, 0) is 26.2 Å². The van der Waals surface area contributed by atoms with E-state index in [1.165, 1.54) is 36.3 Å². The Morgan fingerprint density at radius 2 is 1.56 bits per heavy atom. The van der Waals surface area contributed by atoms with Crippen molar-refractivity contribution in [1.29, 1.82) is 0 Å². The summed E-state index contributed by atoms with van der Waals surface area (Å²) in [4.78, 5) is 0. The van der Waals surface area contributed by atoms with Gasteiger partial charge in [-0.15, -0.1) is 0 Å². The molecular formula is C15H26NOZr+. The molecule has 0 atom stereocenters. The van der Waals surface area contributed by atoms with Crippen molar-refractivity contribution in [3.8, 4) is 0 Å². The first-order valence-corrected chi connectivity index (χ1v) is 5.30. The van der Waals surface area contributed by atoms with Crippen LogP contribution in [0.2, 0.25) is 0 Å². The first kappa shape index (κ1) is 23.0. The van der Waals surface area contributed by atoms with Gasteiger partial charge in [-0.2, -0.15) is 0 Å². The molecule has 2 rings (SSSR count). The fraction of sp³-hybridized carbons (Fsp3) is 0.400. The number of para-hydroxylation sites is 1. The third-order valence-corrected chi connectivity index (χ3v) is 3.08. The largest absolute Gasteiger partial charge is 4.00 e. The average molecular weight is 328 g/mol. The number of benzene rings is 1. The van der Waals surface area contributed by atoms with Gasteiger partial charge in [0.1, 0.15) is 0 Å².